The molecule has 0 bridgehead atoms. The Labute approximate surface area is 106 Å². The van der Waals surface area contributed by atoms with Crippen LogP contribution in [0.15, 0.2) is 0 Å². The lowest BCUT2D eigenvalue weighted by Crippen LogP contribution is -2.44. The van der Waals surface area contributed by atoms with Gasteiger partial charge in [-0.3, -0.25) is 4.90 Å². The van der Waals surface area contributed by atoms with Crippen LogP contribution in [0.3, 0.4) is 0 Å². The van der Waals surface area contributed by atoms with Gasteiger partial charge in [-0.2, -0.15) is 0 Å². The van der Waals surface area contributed by atoms with Gasteiger partial charge in [-0.25, -0.2) is 0 Å². The number of carbonyl (C=O) groups excluding carboxylic acids is 1. The Bertz CT molecular complexity index is 240. The highest BCUT2D eigenvalue weighted by molar-refractivity contribution is 5.58. The highest BCUT2D eigenvalue weighted by Gasteiger charge is 2.34. The molecule has 1 aliphatic rings. The fourth-order valence-corrected chi connectivity index (χ4v) is 2.21. The molecule has 0 radical (unpaired) electrons. The fraction of sp³-hybridized carbons (Fsp3) is 0.929. The normalized spacial score (nSPS) is 21.2. The maximum atomic E-state index is 11.2. The van der Waals surface area contributed by atoms with Crippen molar-refractivity contribution >= 4 is 6.29 Å². The predicted molar refractivity (Wildman–Crippen MR) is 70.1 cm³/mol. The molecule has 3 heteroatoms. The van der Waals surface area contributed by atoms with Gasteiger partial charge in [0, 0.05) is 31.7 Å². The van der Waals surface area contributed by atoms with E-state index >= 15 is 0 Å². The van der Waals surface area contributed by atoms with E-state index in [1.54, 1.807) is 7.11 Å². The minimum atomic E-state index is -0.211. The van der Waals surface area contributed by atoms with E-state index in [1.165, 1.54) is 12.8 Å². The molecule has 100 valence electrons. The summed E-state index contributed by atoms with van der Waals surface area (Å²) >= 11 is 0. The molecule has 2 unspecified atom stereocenters. The van der Waals surface area contributed by atoms with Crippen molar-refractivity contribution in [2.45, 2.75) is 46.1 Å². The van der Waals surface area contributed by atoms with Crippen LogP contribution in [-0.2, 0) is 9.53 Å². The van der Waals surface area contributed by atoms with Crippen LogP contribution in [0, 0.1) is 11.3 Å². The number of hydrogen-bond acceptors (Lipinski definition) is 3. The molecule has 0 amide bonds. The minimum Gasteiger partial charge on any atom is -0.383 e. The second-order valence-corrected chi connectivity index (χ2v) is 5.67. The zero-order valence-corrected chi connectivity index (χ0v) is 11.7. The van der Waals surface area contributed by atoms with Crippen LogP contribution in [0.4, 0.5) is 0 Å². The molecule has 0 aromatic heterocycles. The van der Waals surface area contributed by atoms with Crippen molar-refractivity contribution in [2.75, 3.05) is 26.8 Å². The summed E-state index contributed by atoms with van der Waals surface area (Å²) in [5.74, 6) is 0.833. The summed E-state index contributed by atoms with van der Waals surface area (Å²) in [5.41, 5.74) is -0.211. The van der Waals surface area contributed by atoms with Gasteiger partial charge in [0.1, 0.15) is 6.29 Å². The molecule has 2 atom stereocenters. The summed E-state index contributed by atoms with van der Waals surface area (Å²) in [6.07, 6.45) is 4.70. The van der Waals surface area contributed by atoms with Crippen LogP contribution in [0.25, 0.3) is 0 Å². The van der Waals surface area contributed by atoms with Crippen molar-refractivity contribution in [2.24, 2.45) is 11.3 Å². The zero-order chi connectivity index (χ0) is 12.9. The third kappa shape index (κ3) is 4.40. The summed E-state index contributed by atoms with van der Waals surface area (Å²) in [7, 11) is 1.73. The second kappa shape index (κ2) is 6.50. The number of hydrogen-bond donors (Lipinski definition) is 0. The number of ether oxygens (including phenoxy) is 1. The van der Waals surface area contributed by atoms with E-state index in [1.807, 2.05) is 0 Å². The van der Waals surface area contributed by atoms with E-state index in [0.717, 1.165) is 38.3 Å². The van der Waals surface area contributed by atoms with Gasteiger partial charge in [-0.05, 0) is 32.1 Å². The molecular formula is C14H27NO2. The van der Waals surface area contributed by atoms with E-state index in [-0.39, 0.29) is 5.41 Å². The molecule has 1 rings (SSSR count). The Morgan fingerprint density at radius 2 is 2.18 bits per heavy atom. The third-order valence-electron chi connectivity index (χ3n) is 4.12. The van der Waals surface area contributed by atoms with Gasteiger partial charge in [-0.15, -0.1) is 0 Å². The van der Waals surface area contributed by atoms with Gasteiger partial charge in [0.25, 0.3) is 0 Å². The molecule has 0 aliphatic heterocycles. The largest absolute Gasteiger partial charge is 0.383 e. The molecule has 0 saturated heterocycles. The van der Waals surface area contributed by atoms with Gasteiger partial charge in [0.2, 0.25) is 0 Å². The van der Waals surface area contributed by atoms with Crippen molar-refractivity contribution in [3.8, 4) is 0 Å². The van der Waals surface area contributed by atoms with E-state index in [2.05, 4.69) is 25.7 Å². The molecule has 0 aromatic rings. The van der Waals surface area contributed by atoms with Gasteiger partial charge in [0.05, 0.1) is 6.61 Å². The maximum absolute atomic E-state index is 11.2. The van der Waals surface area contributed by atoms with E-state index in [0.29, 0.717) is 6.04 Å². The standard InChI is InChI=1S/C14H27NO2/c1-5-14(3,11-16)10-15(8-9-17-4)12(2)13-6-7-13/h11-13H,5-10H2,1-4H3. The zero-order valence-electron chi connectivity index (χ0n) is 11.7. The summed E-state index contributed by atoms with van der Waals surface area (Å²) in [5, 5.41) is 0. The van der Waals surface area contributed by atoms with E-state index < -0.39 is 0 Å². The molecule has 0 spiro atoms. The predicted octanol–water partition coefficient (Wildman–Crippen LogP) is 2.35. The van der Waals surface area contributed by atoms with Gasteiger partial charge < -0.3 is 9.53 Å². The Kier molecular flexibility index (Phi) is 5.60. The average molecular weight is 241 g/mol. The topological polar surface area (TPSA) is 29.5 Å². The molecule has 3 nitrogen and oxygen atoms in total. The molecule has 0 heterocycles. The van der Waals surface area contributed by atoms with Crippen LogP contribution in [-0.4, -0.2) is 44.0 Å². The lowest BCUT2D eigenvalue weighted by Gasteiger charge is -2.35. The summed E-state index contributed by atoms with van der Waals surface area (Å²) in [6.45, 7) is 8.96. The molecule has 1 saturated carbocycles. The van der Waals surface area contributed by atoms with Crippen LogP contribution < -0.4 is 0 Å². The molecule has 0 N–H and O–H groups in total. The van der Waals surface area contributed by atoms with E-state index in [9.17, 15) is 4.79 Å². The van der Waals surface area contributed by atoms with Gasteiger partial charge in [-0.1, -0.05) is 13.8 Å². The highest BCUT2D eigenvalue weighted by Crippen LogP contribution is 2.36. The first-order valence-electron chi connectivity index (χ1n) is 6.75. The van der Waals surface area contributed by atoms with Gasteiger partial charge >= 0.3 is 0 Å². The molecule has 1 fully saturated rings. The quantitative estimate of drug-likeness (QED) is 0.580. The van der Waals surface area contributed by atoms with Crippen LogP contribution in [0.1, 0.15) is 40.0 Å². The monoisotopic (exact) mass is 241 g/mol. The van der Waals surface area contributed by atoms with Crippen molar-refractivity contribution in [1.82, 2.24) is 4.90 Å². The molecule has 1 aliphatic carbocycles. The van der Waals surface area contributed by atoms with Crippen molar-refractivity contribution in [3.63, 3.8) is 0 Å². The number of aldehydes is 1. The van der Waals surface area contributed by atoms with Gasteiger partial charge in [0.15, 0.2) is 0 Å². The molecule has 0 aromatic carbocycles. The van der Waals surface area contributed by atoms with Crippen LogP contribution >= 0.6 is 0 Å². The SMILES string of the molecule is CCC(C)(C=O)CN(CCOC)C(C)C1CC1. The summed E-state index contributed by atoms with van der Waals surface area (Å²) < 4.78 is 5.17. The van der Waals surface area contributed by atoms with Crippen molar-refractivity contribution in [3.05, 3.63) is 0 Å². The Morgan fingerprint density at radius 3 is 2.59 bits per heavy atom. The lowest BCUT2D eigenvalue weighted by molar-refractivity contribution is -0.117. The third-order valence-corrected chi connectivity index (χ3v) is 4.12. The first kappa shape index (κ1) is 14.7. The van der Waals surface area contributed by atoms with Crippen molar-refractivity contribution in [1.29, 1.82) is 0 Å². The Hall–Kier alpha value is -0.410. The molecule has 17 heavy (non-hydrogen) atoms. The second-order valence-electron chi connectivity index (χ2n) is 5.67. The Morgan fingerprint density at radius 1 is 1.53 bits per heavy atom. The van der Waals surface area contributed by atoms with Crippen molar-refractivity contribution < 1.29 is 9.53 Å². The van der Waals surface area contributed by atoms with Crippen LogP contribution in [0.2, 0.25) is 0 Å². The Balaban J connectivity index is 2.57. The number of methoxy groups -OCH3 is 1. The smallest absolute Gasteiger partial charge is 0.127 e. The van der Waals surface area contributed by atoms with Crippen LogP contribution in [0.5, 0.6) is 0 Å². The maximum Gasteiger partial charge on any atom is 0.127 e. The average Bonchev–Trinajstić information content (AvgIpc) is 3.17. The summed E-state index contributed by atoms with van der Waals surface area (Å²) in [4.78, 5) is 13.6. The number of nitrogens with zero attached hydrogens (tertiary/aromatic N) is 1. The lowest BCUT2D eigenvalue weighted by atomic mass is 9.88. The fourth-order valence-electron chi connectivity index (χ4n) is 2.21. The van der Waals surface area contributed by atoms with E-state index in [4.69, 9.17) is 4.74 Å². The minimum absolute atomic E-state index is 0.211. The number of carbonyl (C=O) groups is 1. The first-order valence-corrected chi connectivity index (χ1v) is 6.75. The number of rotatable bonds is 9. The molecular weight excluding hydrogens is 214 g/mol. The highest BCUT2D eigenvalue weighted by atomic mass is 16.5. The summed E-state index contributed by atoms with van der Waals surface area (Å²) in [6, 6.07) is 0.580. The first-order chi connectivity index (χ1) is 8.06.